The summed E-state index contributed by atoms with van der Waals surface area (Å²) in [5.41, 5.74) is 0. The average molecular weight is 270 g/mol. The van der Waals surface area contributed by atoms with E-state index in [4.69, 9.17) is 16.3 Å². The molecule has 2 nitrogen and oxygen atoms in total. The van der Waals surface area contributed by atoms with Crippen LogP contribution in [0.2, 0.25) is 0 Å². The van der Waals surface area contributed by atoms with Crippen LogP contribution in [0.15, 0.2) is 30.3 Å². The molecular formula is C15H24ClNO. The number of benzene rings is 1. The molecule has 0 saturated heterocycles. The molecule has 0 aliphatic heterocycles. The third-order valence-corrected chi connectivity index (χ3v) is 3.39. The summed E-state index contributed by atoms with van der Waals surface area (Å²) < 4.78 is 5.74. The standard InChI is InChI=1S/C15H24ClNO/c1-3-14(4-2)17(11-10-16)12-13-18-15-8-6-5-7-9-15/h5-9,14H,3-4,10-13H2,1-2H3. The molecule has 1 aromatic rings. The molecule has 0 N–H and O–H groups in total. The predicted octanol–water partition coefficient (Wildman–Crippen LogP) is 3.79. The zero-order chi connectivity index (χ0) is 13.2. The molecule has 0 bridgehead atoms. The van der Waals surface area contributed by atoms with Gasteiger partial charge in [0, 0.05) is 25.0 Å². The van der Waals surface area contributed by atoms with E-state index in [1.54, 1.807) is 0 Å². The Labute approximate surface area is 116 Å². The second-order valence-corrected chi connectivity index (χ2v) is 4.73. The van der Waals surface area contributed by atoms with Crippen molar-refractivity contribution in [2.24, 2.45) is 0 Å². The molecule has 0 aliphatic carbocycles. The maximum Gasteiger partial charge on any atom is 0.119 e. The lowest BCUT2D eigenvalue weighted by atomic mass is 10.1. The minimum absolute atomic E-state index is 0.614. The van der Waals surface area contributed by atoms with Crippen molar-refractivity contribution in [3.63, 3.8) is 0 Å². The van der Waals surface area contributed by atoms with E-state index >= 15 is 0 Å². The van der Waals surface area contributed by atoms with Crippen LogP contribution in [0.25, 0.3) is 0 Å². The van der Waals surface area contributed by atoms with E-state index in [1.807, 2.05) is 30.3 Å². The Bertz CT molecular complexity index is 301. The number of ether oxygens (including phenoxy) is 1. The van der Waals surface area contributed by atoms with E-state index in [0.29, 0.717) is 11.9 Å². The van der Waals surface area contributed by atoms with Gasteiger partial charge in [-0.1, -0.05) is 32.0 Å². The molecule has 3 heteroatoms. The normalized spacial score (nSPS) is 11.2. The molecule has 1 rings (SSSR count). The van der Waals surface area contributed by atoms with Gasteiger partial charge in [-0.3, -0.25) is 4.90 Å². The first-order chi connectivity index (χ1) is 8.81. The highest BCUT2D eigenvalue weighted by molar-refractivity contribution is 6.18. The van der Waals surface area contributed by atoms with Gasteiger partial charge in [-0.2, -0.15) is 0 Å². The summed E-state index contributed by atoms with van der Waals surface area (Å²) in [6.07, 6.45) is 2.33. The number of alkyl halides is 1. The number of nitrogens with zero attached hydrogens (tertiary/aromatic N) is 1. The molecule has 0 heterocycles. The van der Waals surface area contributed by atoms with Crippen LogP contribution in [0.1, 0.15) is 26.7 Å². The van der Waals surface area contributed by atoms with Gasteiger partial charge in [0.1, 0.15) is 12.4 Å². The first-order valence-electron chi connectivity index (χ1n) is 6.79. The first-order valence-corrected chi connectivity index (χ1v) is 7.33. The highest BCUT2D eigenvalue weighted by Crippen LogP contribution is 2.11. The molecule has 0 radical (unpaired) electrons. The molecule has 0 aromatic heterocycles. The molecular weight excluding hydrogens is 246 g/mol. The lowest BCUT2D eigenvalue weighted by Crippen LogP contribution is -2.38. The molecule has 0 amide bonds. The van der Waals surface area contributed by atoms with Crippen molar-refractivity contribution < 1.29 is 4.74 Å². The van der Waals surface area contributed by atoms with Crippen LogP contribution in [0.4, 0.5) is 0 Å². The van der Waals surface area contributed by atoms with E-state index < -0.39 is 0 Å². The summed E-state index contributed by atoms with van der Waals surface area (Å²) in [7, 11) is 0. The van der Waals surface area contributed by atoms with Gasteiger partial charge in [0.25, 0.3) is 0 Å². The van der Waals surface area contributed by atoms with Gasteiger partial charge in [0.2, 0.25) is 0 Å². The van der Waals surface area contributed by atoms with Gasteiger partial charge in [-0.05, 0) is 25.0 Å². The molecule has 18 heavy (non-hydrogen) atoms. The minimum atomic E-state index is 0.614. The van der Waals surface area contributed by atoms with Crippen LogP contribution >= 0.6 is 11.6 Å². The maximum absolute atomic E-state index is 5.87. The largest absolute Gasteiger partial charge is 0.492 e. The van der Waals surface area contributed by atoms with Gasteiger partial charge in [-0.15, -0.1) is 11.6 Å². The number of hydrogen-bond acceptors (Lipinski definition) is 2. The molecule has 0 saturated carbocycles. The maximum atomic E-state index is 5.87. The average Bonchev–Trinajstić information content (AvgIpc) is 2.41. The minimum Gasteiger partial charge on any atom is -0.492 e. The molecule has 0 fully saturated rings. The second kappa shape index (κ2) is 9.23. The van der Waals surface area contributed by atoms with Crippen LogP contribution in [0, 0.1) is 0 Å². The Hall–Kier alpha value is -0.730. The van der Waals surface area contributed by atoms with Crippen molar-refractivity contribution in [3.8, 4) is 5.75 Å². The fourth-order valence-electron chi connectivity index (χ4n) is 2.19. The highest BCUT2D eigenvalue weighted by Gasteiger charge is 2.14. The lowest BCUT2D eigenvalue weighted by Gasteiger charge is -2.29. The van der Waals surface area contributed by atoms with Crippen molar-refractivity contribution in [1.82, 2.24) is 4.90 Å². The zero-order valence-corrected chi connectivity index (χ0v) is 12.2. The SMILES string of the molecule is CCC(CC)N(CCCl)CCOc1ccccc1. The molecule has 0 aliphatic rings. The quantitative estimate of drug-likeness (QED) is 0.633. The second-order valence-electron chi connectivity index (χ2n) is 4.36. The Morgan fingerprint density at radius 2 is 1.78 bits per heavy atom. The van der Waals surface area contributed by atoms with Crippen molar-refractivity contribution in [2.45, 2.75) is 32.7 Å². The van der Waals surface area contributed by atoms with Gasteiger partial charge in [0.05, 0.1) is 0 Å². The van der Waals surface area contributed by atoms with Crippen LogP contribution in [-0.2, 0) is 0 Å². The van der Waals surface area contributed by atoms with Gasteiger partial charge >= 0.3 is 0 Å². The summed E-state index contributed by atoms with van der Waals surface area (Å²) in [6, 6.07) is 10.6. The Balaban J connectivity index is 2.37. The number of para-hydroxylation sites is 1. The number of halogens is 1. The third-order valence-electron chi connectivity index (χ3n) is 3.22. The zero-order valence-electron chi connectivity index (χ0n) is 11.4. The summed E-state index contributed by atoms with van der Waals surface area (Å²) in [5.74, 6) is 1.62. The summed E-state index contributed by atoms with van der Waals surface area (Å²) in [5, 5.41) is 0. The fourth-order valence-corrected chi connectivity index (χ4v) is 2.41. The lowest BCUT2D eigenvalue weighted by molar-refractivity contribution is 0.159. The van der Waals surface area contributed by atoms with Crippen LogP contribution in [-0.4, -0.2) is 36.5 Å². The fraction of sp³-hybridized carbons (Fsp3) is 0.600. The van der Waals surface area contributed by atoms with Crippen molar-refractivity contribution in [3.05, 3.63) is 30.3 Å². The van der Waals surface area contributed by atoms with E-state index in [2.05, 4.69) is 18.7 Å². The van der Waals surface area contributed by atoms with Crippen LogP contribution in [0.3, 0.4) is 0 Å². The third kappa shape index (κ3) is 5.28. The Morgan fingerprint density at radius 3 is 2.33 bits per heavy atom. The first kappa shape index (κ1) is 15.3. The smallest absolute Gasteiger partial charge is 0.119 e. The number of hydrogen-bond donors (Lipinski definition) is 0. The van der Waals surface area contributed by atoms with Gasteiger partial charge < -0.3 is 4.74 Å². The topological polar surface area (TPSA) is 12.5 Å². The van der Waals surface area contributed by atoms with E-state index in [-0.39, 0.29) is 0 Å². The van der Waals surface area contributed by atoms with Crippen molar-refractivity contribution in [2.75, 3.05) is 25.6 Å². The molecule has 1 aromatic carbocycles. The van der Waals surface area contributed by atoms with E-state index in [9.17, 15) is 0 Å². The van der Waals surface area contributed by atoms with Crippen molar-refractivity contribution in [1.29, 1.82) is 0 Å². The van der Waals surface area contributed by atoms with Crippen LogP contribution in [0.5, 0.6) is 5.75 Å². The summed E-state index contributed by atoms with van der Waals surface area (Å²) in [6.45, 7) is 7.05. The van der Waals surface area contributed by atoms with Gasteiger partial charge in [-0.25, -0.2) is 0 Å². The monoisotopic (exact) mass is 269 g/mol. The van der Waals surface area contributed by atoms with Gasteiger partial charge in [0.15, 0.2) is 0 Å². The van der Waals surface area contributed by atoms with Crippen molar-refractivity contribution >= 4 is 11.6 Å². The summed E-state index contributed by atoms with van der Waals surface area (Å²) in [4.78, 5) is 2.43. The Kier molecular flexibility index (Phi) is 7.86. The molecule has 102 valence electrons. The van der Waals surface area contributed by atoms with E-state index in [1.165, 1.54) is 12.8 Å². The highest BCUT2D eigenvalue weighted by atomic mass is 35.5. The number of rotatable bonds is 9. The summed E-state index contributed by atoms with van der Waals surface area (Å²) >= 11 is 5.87. The predicted molar refractivity (Wildman–Crippen MR) is 78.6 cm³/mol. The molecule has 0 atom stereocenters. The molecule has 0 spiro atoms. The molecule has 0 unspecified atom stereocenters. The van der Waals surface area contributed by atoms with Crippen LogP contribution < -0.4 is 4.74 Å². The van der Waals surface area contributed by atoms with E-state index in [0.717, 1.165) is 25.4 Å². The Morgan fingerprint density at radius 1 is 1.11 bits per heavy atom.